The molecule has 0 aromatic heterocycles. The van der Waals surface area contributed by atoms with E-state index >= 15 is 0 Å². The summed E-state index contributed by atoms with van der Waals surface area (Å²) in [4.78, 5) is 6.07. The normalized spacial score (nSPS) is 20.7. The van der Waals surface area contributed by atoms with Crippen LogP contribution in [-0.2, 0) is 0 Å². The molecule has 1 heterocycles. The van der Waals surface area contributed by atoms with E-state index in [1.54, 1.807) is 0 Å². The smallest absolute Gasteiger partial charge is 0.232 e. The molecular formula is C10H18N2. The van der Waals surface area contributed by atoms with Crippen molar-refractivity contribution in [2.24, 2.45) is 5.92 Å². The molecule has 2 heteroatoms. The Hall–Kier alpha value is -0.550. The first-order chi connectivity index (χ1) is 5.47. The molecule has 12 heavy (non-hydrogen) atoms. The van der Waals surface area contributed by atoms with Crippen LogP contribution in [0.2, 0.25) is 0 Å². The van der Waals surface area contributed by atoms with Gasteiger partial charge in [-0.05, 0) is 13.8 Å². The van der Waals surface area contributed by atoms with E-state index in [4.69, 9.17) is 6.57 Å². The molecule has 1 saturated heterocycles. The summed E-state index contributed by atoms with van der Waals surface area (Å²) in [5.74, 6) is 0.581. The van der Waals surface area contributed by atoms with Crippen LogP contribution in [0, 0.1) is 12.5 Å². The maximum Gasteiger partial charge on any atom is 0.232 e. The molecule has 2 nitrogen and oxygen atoms in total. The Kier molecular flexibility index (Phi) is 2.44. The van der Waals surface area contributed by atoms with Crippen molar-refractivity contribution in [2.45, 2.75) is 39.3 Å². The first kappa shape index (κ1) is 9.54. The van der Waals surface area contributed by atoms with E-state index in [-0.39, 0.29) is 5.54 Å². The lowest BCUT2D eigenvalue weighted by atomic mass is 9.81. The fraction of sp³-hybridized carbons (Fsp3) is 0.900. The summed E-state index contributed by atoms with van der Waals surface area (Å²) >= 11 is 0. The van der Waals surface area contributed by atoms with Crippen molar-refractivity contribution in [3.8, 4) is 0 Å². The first-order valence-corrected chi connectivity index (χ1v) is 4.60. The summed E-state index contributed by atoms with van der Waals surface area (Å²) in [6, 6.07) is 0.641. The van der Waals surface area contributed by atoms with Gasteiger partial charge in [0.1, 0.15) is 0 Å². The summed E-state index contributed by atoms with van der Waals surface area (Å²) in [5, 5.41) is 0. The summed E-state index contributed by atoms with van der Waals surface area (Å²) < 4.78 is 0. The summed E-state index contributed by atoms with van der Waals surface area (Å²) in [5.41, 5.74) is -0.147. The van der Waals surface area contributed by atoms with Crippen LogP contribution < -0.4 is 0 Å². The van der Waals surface area contributed by atoms with Crippen molar-refractivity contribution in [1.82, 2.24) is 4.90 Å². The van der Waals surface area contributed by atoms with Crippen LogP contribution in [0.25, 0.3) is 4.85 Å². The van der Waals surface area contributed by atoms with Gasteiger partial charge in [-0.15, -0.1) is 0 Å². The predicted molar refractivity (Wildman–Crippen MR) is 50.9 cm³/mol. The van der Waals surface area contributed by atoms with Gasteiger partial charge in [-0.2, -0.15) is 0 Å². The zero-order valence-corrected chi connectivity index (χ0v) is 8.46. The molecule has 0 atom stereocenters. The van der Waals surface area contributed by atoms with Gasteiger partial charge in [0.15, 0.2) is 0 Å². The number of hydrogen-bond donors (Lipinski definition) is 0. The van der Waals surface area contributed by atoms with Gasteiger partial charge in [0.05, 0.1) is 5.92 Å². The zero-order valence-electron chi connectivity index (χ0n) is 8.46. The molecule has 0 bridgehead atoms. The van der Waals surface area contributed by atoms with Crippen molar-refractivity contribution in [2.75, 3.05) is 13.1 Å². The first-order valence-electron chi connectivity index (χ1n) is 4.60. The number of nitrogens with zero attached hydrogens (tertiary/aromatic N) is 2. The number of hydrogen-bond acceptors (Lipinski definition) is 1. The van der Waals surface area contributed by atoms with Gasteiger partial charge in [0, 0.05) is 33.0 Å². The molecule has 1 rings (SSSR count). The lowest BCUT2D eigenvalue weighted by Crippen LogP contribution is -2.56. The van der Waals surface area contributed by atoms with Gasteiger partial charge in [-0.1, -0.05) is 0 Å². The molecule has 0 radical (unpaired) electrons. The molecule has 0 saturated carbocycles. The molecule has 1 fully saturated rings. The van der Waals surface area contributed by atoms with Crippen LogP contribution in [0.15, 0.2) is 0 Å². The van der Waals surface area contributed by atoms with Crippen LogP contribution in [0.4, 0.5) is 0 Å². The van der Waals surface area contributed by atoms with E-state index in [1.807, 2.05) is 13.8 Å². The van der Waals surface area contributed by atoms with E-state index in [1.165, 1.54) is 0 Å². The largest absolute Gasteiger partial charge is 0.311 e. The second-order valence-electron chi connectivity index (χ2n) is 4.51. The quantitative estimate of drug-likeness (QED) is 0.569. The fourth-order valence-corrected chi connectivity index (χ4v) is 1.47. The van der Waals surface area contributed by atoms with E-state index < -0.39 is 0 Å². The molecule has 0 aromatic rings. The van der Waals surface area contributed by atoms with E-state index in [0.717, 1.165) is 13.1 Å². The van der Waals surface area contributed by atoms with E-state index in [2.05, 4.69) is 23.6 Å². The molecule has 68 valence electrons. The van der Waals surface area contributed by atoms with Gasteiger partial charge in [-0.25, -0.2) is 6.57 Å². The highest BCUT2D eigenvalue weighted by Crippen LogP contribution is 2.31. The summed E-state index contributed by atoms with van der Waals surface area (Å²) in [6.45, 7) is 17.8. The molecule has 0 amide bonds. The van der Waals surface area contributed by atoms with E-state index in [0.29, 0.717) is 12.0 Å². The number of likely N-dealkylation sites (tertiary alicyclic amines) is 1. The standard InChI is InChI=1S/C10H18N2/c1-8(2)12-6-9(7-12)10(3,4)11-5/h8-9H,6-7H2,1-4H3. The molecule has 0 N–H and O–H groups in total. The predicted octanol–water partition coefficient (Wildman–Crippen LogP) is 2.02. The fourth-order valence-electron chi connectivity index (χ4n) is 1.47. The highest BCUT2D eigenvalue weighted by Gasteiger charge is 2.44. The Labute approximate surface area is 75.4 Å². The minimum absolute atomic E-state index is 0.147. The summed E-state index contributed by atoms with van der Waals surface area (Å²) in [6.07, 6.45) is 0. The van der Waals surface area contributed by atoms with Crippen LogP contribution in [-0.4, -0.2) is 29.6 Å². The Morgan fingerprint density at radius 3 is 2.25 bits per heavy atom. The molecule has 1 aliphatic heterocycles. The molecule has 0 aromatic carbocycles. The SMILES string of the molecule is [C-]#[N+]C(C)(C)C1CN(C(C)C)C1. The van der Waals surface area contributed by atoms with Crippen molar-refractivity contribution >= 4 is 0 Å². The van der Waals surface area contributed by atoms with Gasteiger partial charge in [0.2, 0.25) is 5.54 Å². The van der Waals surface area contributed by atoms with Crippen LogP contribution >= 0.6 is 0 Å². The second kappa shape index (κ2) is 3.06. The third-order valence-electron chi connectivity index (χ3n) is 2.93. The Morgan fingerprint density at radius 1 is 1.42 bits per heavy atom. The van der Waals surface area contributed by atoms with Crippen LogP contribution in [0.5, 0.6) is 0 Å². The van der Waals surface area contributed by atoms with Crippen molar-refractivity contribution in [3.63, 3.8) is 0 Å². The third kappa shape index (κ3) is 1.61. The second-order valence-corrected chi connectivity index (χ2v) is 4.51. The average Bonchev–Trinajstić information content (AvgIpc) is 1.82. The molecule has 0 aliphatic carbocycles. The average molecular weight is 166 g/mol. The van der Waals surface area contributed by atoms with Gasteiger partial charge in [-0.3, -0.25) is 4.90 Å². The zero-order chi connectivity index (χ0) is 9.35. The summed E-state index contributed by atoms with van der Waals surface area (Å²) in [7, 11) is 0. The lowest BCUT2D eigenvalue weighted by molar-refractivity contribution is 0.0400. The van der Waals surface area contributed by atoms with Crippen LogP contribution in [0.3, 0.4) is 0 Å². The highest BCUT2D eigenvalue weighted by atomic mass is 15.2. The Bertz CT molecular complexity index is 194. The van der Waals surface area contributed by atoms with Crippen LogP contribution in [0.1, 0.15) is 27.7 Å². The number of rotatable bonds is 2. The monoisotopic (exact) mass is 166 g/mol. The Balaban J connectivity index is 2.40. The highest BCUT2D eigenvalue weighted by molar-refractivity contribution is 5.03. The maximum absolute atomic E-state index is 7.05. The van der Waals surface area contributed by atoms with Gasteiger partial charge >= 0.3 is 0 Å². The molecule has 0 unspecified atom stereocenters. The van der Waals surface area contributed by atoms with Gasteiger partial charge in [0.25, 0.3) is 0 Å². The maximum atomic E-state index is 7.05. The van der Waals surface area contributed by atoms with E-state index in [9.17, 15) is 0 Å². The van der Waals surface area contributed by atoms with Crippen molar-refractivity contribution in [1.29, 1.82) is 0 Å². The molecular weight excluding hydrogens is 148 g/mol. The van der Waals surface area contributed by atoms with Crippen molar-refractivity contribution in [3.05, 3.63) is 11.4 Å². The van der Waals surface area contributed by atoms with Gasteiger partial charge < -0.3 is 4.85 Å². The van der Waals surface area contributed by atoms with Crippen molar-refractivity contribution < 1.29 is 0 Å². The molecule has 1 aliphatic rings. The Morgan fingerprint density at radius 2 is 1.92 bits per heavy atom. The molecule has 0 spiro atoms. The minimum atomic E-state index is -0.147. The lowest BCUT2D eigenvalue weighted by Gasteiger charge is -2.44. The third-order valence-corrected chi connectivity index (χ3v) is 2.93. The minimum Gasteiger partial charge on any atom is -0.311 e. The topological polar surface area (TPSA) is 7.60 Å².